The smallest absolute Gasteiger partial charge is 0.323 e. The molecular formula is C40H47ClN4O7. The second-order valence-corrected chi connectivity index (χ2v) is 14.3. The first-order valence-electron chi connectivity index (χ1n) is 17.5. The summed E-state index contributed by atoms with van der Waals surface area (Å²) in [5, 5.41) is 42.1. The Bertz CT molecular complexity index is 1790. The van der Waals surface area contributed by atoms with Crippen LogP contribution in [-0.2, 0) is 22.7 Å². The molecule has 0 radical (unpaired) electrons. The van der Waals surface area contributed by atoms with Gasteiger partial charge in [0.15, 0.2) is 0 Å². The molecule has 2 heterocycles. The Balaban J connectivity index is 1.42. The van der Waals surface area contributed by atoms with E-state index in [1.165, 1.54) is 13.1 Å². The minimum atomic E-state index is -1.22. The zero-order valence-electron chi connectivity index (χ0n) is 29.8. The van der Waals surface area contributed by atoms with Crippen molar-refractivity contribution in [2.24, 2.45) is 5.41 Å². The van der Waals surface area contributed by atoms with Crippen LogP contribution in [0.2, 0.25) is 5.02 Å². The van der Waals surface area contributed by atoms with Gasteiger partial charge in [-0.3, -0.25) is 15.1 Å². The summed E-state index contributed by atoms with van der Waals surface area (Å²) < 4.78 is 19.6. The van der Waals surface area contributed by atoms with E-state index in [-0.39, 0.29) is 30.9 Å². The topological polar surface area (TPSA) is 157 Å². The summed E-state index contributed by atoms with van der Waals surface area (Å²) in [6, 6.07) is 16.0. The molecule has 0 bridgehead atoms. The number of ether oxygens (including phenoxy) is 3. The predicted octanol–water partition coefficient (Wildman–Crippen LogP) is 5.38. The maximum absolute atomic E-state index is 11.8. The molecule has 5 rings (SSSR count). The van der Waals surface area contributed by atoms with Crippen LogP contribution >= 0.6 is 11.6 Å². The van der Waals surface area contributed by atoms with E-state index < -0.39 is 29.1 Å². The van der Waals surface area contributed by atoms with E-state index in [1.54, 1.807) is 24.4 Å². The number of pyridine rings is 1. The lowest BCUT2D eigenvalue weighted by Gasteiger charge is -2.47. The lowest BCUT2D eigenvalue weighted by molar-refractivity contribution is -0.142. The number of nitrogens with one attached hydrogen (secondary N) is 1. The minimum Gasteiger partial charge on any atom is -0.488 e. The molecule has 1 fully saturated rings. The number of nitrogens with zero attached hydrogens (tertiary/aromatic N) is 3. The van der Waals surface area contributed by atoms with E-state index in [0.717, 1.165) is 37.1 Å². The molecule has 1 aliphatic carbocycles. The molecule has 0 amide bonds. The molecule has 3 unspecified atom stereocenters. The maximum atomic E-state index is 11.8. The fraction of sp³-hybridized carbons (Fsp3) is 0.425. The van der Waals surface area contributed by atoms with Crippen molar-refractivity contribution in [1.29, 1.82) is 5.26 Å². The average molecular weight is 731 g/mol. The van der Waals surface area contributed by atoms with Crippen LogP contribution in [0.25, 0.3) is 5.57 Å². The van der Waals surface area contributed by atoms with Crippen molar-refractivity contribution in [2.75, 3.05) is 32.8 Å². The van der Waals surface area contributed by atoms with Crippen LogP contribution in [0.5, 0.6) is 11.5 Å². The second kappa shape index (κ2) is 17.5. The maximum Gasteiger partial charge on any atom is 0.323 e. The fourth-order valence-electron chi connectivity index (χ4n) is 6.69. The van der Waals surface area contributed by atoms with Gasteiger partial charge < -0.3 is 34.4 Å². The number of aliphatic hydroxyl groups excluding tert-OH is 2. The van der Waals surface area contributed by atoms with E-state index >= 15 is 0 Å². The van der Waals surface area contributed by atoms with Crippen LogP contribution in [0.1, 0.15) is 55.9 Å². The molecule has 11 nitrogen and oxygen atoms in total. The Labute approximate surface area is 310 Å². The number of carboxylic acid groups (broad SMARTS) is 1. The number of aliphatic carboxylic acids is 1. The van der Waals surface area contributed by atoms with Gasteiger partial charge in [0, 0.05) is 67.8 Å². The first kappa shape index (κ1) is 38.9. The highest BCUT2D eigenvalue weighted by atomic mass is 35.5. The zero-order valence-corrected chi connectivity index (χ0v) is 30.6. The molecule has 12 heteroatoms. The van der Waals surface area contributed by atoms with Crippen molar-refractivity contribution in [3.8, 4) is 17.6 Å². The van der Waals surface area contributed by atoms with Gasteiger partial charge in [-0.05, 0) is 49.1 Å². The van der Waals surface area contributed by atoms with Gasteiger partial charge in [-0.2, -0.15) is 5.26 Å². The van der Waals surface area contributed by atoms with Crippen LogP contribution in [0.4, 0.5) is 0 Å². The van der Waals surface area contributed by atoms with Crippen LogP contribution in [0.3, 0.4) is 0 Å². The molecule has 4 atom stereocenters. The highest BCUT2D eigenvalue weighted by Crippen LogP contribution is 2.49. The minimum absolute atomic E-state index is 0.0236. The average Bonchev–Trinajstić information content (AvgIpc) is 3.54. The predicted molar refractivity (Wildman–Crippen MR) is 198 cm³/mol. The molecule has 1 aromatic heterocycles. The summed E-state index contributed by atoms with van der Waals surface area (Å²) in [5.74, 6) is -0.489. The van der Waals surface area contributed by atoms with E-state index in [2.05, 4.69) is 53.3 Å². The molecule has 0 spiro atoms. The van der Waals surface area contributed by atoms with Gasteiger partial charge in [-0.15, -0.1) is 0 Å². The summed E-state index contributed by atoms with van der Waals surface area (Å²) >= 11 is 6.85. The van der Waals surface area contributed by atoms with Crippen molar-refractivity contribution in [3.05, 3.63) is 106 Å². The zero-order chi connectivity index (χ0) is 37.3. The van der Waals surface area contributed by atoms with E-state index in [0.29, 0.717) is 41.3 Å². The number of carbonyl (C=O) groups is 1. The van der Waals surface area contributed by atoms with E-state index in [4.69, 9.17) is 25.8 Å². The summed E-state index contributed by atoms with van der Waals surface area (Å²) in [4.78, 5) is 18.1. The van der Waals surface area contributed by atoms with Gasteiger partial charge in [0.25, 0.3) is 0 Å². The third-order valence-electron chi connectivity index (χ3n) is 9.81. The van der Waals surface area contributed by atoms with E-state index in [9.17, 15) is 25.4 Å². The number of likely N-dealkylation sites (tertiary alicyclic amines) is 1. The van der Waals surface area contributed by atoms with Gasteiger partial charge in [0.2, 0.25) is 0 Å². The number of rotatable bonds is 17. The number of benzene rings is 2. The molecule has 1 aliphatic heterocycles. The third-order valence-corrected chi connectivity index (χ3v) is 10.1. The monoisotopic (exact) mass is 730 g/mol. The number of carboxylic acids is 1. The normalized spacial score (nSPS) is 20.9. The first-order valence-corrected chi connectivity index (χ1v) is 17.9. The highest BCUT2D eigenvalue weighted by Gasteiger charge is 2.49. The van der Waals surface area contributed by atoms with E-state index in [1.807, 2.05) is 30.4 Å². The number of hydrogen-bond donors (Lipinski definition) is 4. The number of aliphatic hydroxyl groups is 2. The van der Waals surface area contributed by atoms with Crippen molar-refractivity contribution < 1.29 is 34.3 Å². The van der Waals surface area contributed by atoms with Gasteiger partial charge in [-0.25, -0.2) is 0 Å². The number of β-amino-alcohol motifs (C(OH)–C–C–N with tert-alkyl or cyclic N) is 1. The summed E-state index contributed by atoms with van der Waals surface area (Å²) in [6.07, 6.45) is 9.34. The second-order valence-electron chi connectivity index (χ2n) is 13.9. The molecule has 276 valence electrons. The molecule has 0 saturated carbocycles. The fourth-order valence-corrected chi connectivity index (χ4v) is 6.93. The molecule has 2 aliphatic rings. The largest absolute Gasteiger partial charge is 0.488 e. The molecular weight excluding hydrogens is 684 g/mol. The first-order chi connectivity index (χ1) is 24.9. The highest BCUT2D eigenvalue weighted by molar-refractivity contribution is 6.32. The van der Waals surface area contributed by atoms with Crippen molar-refractivity contribution in [3.63, 3.8) is 0 Å². The number of aromatic nitrogens is 1. The molecule has 3 aromatic rings. The standard InChI is InChI=1S/C40H47ClN4O7/c1-27(46)37(38(48)49)44-23-31-18-34(41)36(19-35(31)50-25-29-17-28(20-42)21-43-22-29)51-26-40(52-16-8-14-45-15-12-32(47)24-45)13-7-11-33(39(40,2)3)30-9-5-4-6-10-30/h4-7,9-11,13,17-19,21-22,27,32,37,44,46-47H,8,12,14-16,23-26H2,1-3H3,(H,48,49)/t27?,32-,37?,40?/m1/s1. The number of hydrogen-bond acceptors (Lipinski definition) is 10. The lowest BCUT2D eigenvalue weighted by atomic mass is 9.65. The summed E-state index contributed by atoms with van der Waals surface area (Å²) in [5.41, 5.74) is 2.31. The summed E-state index contributed by atoms with van der Waals surface area (Å²) in [6.45, 7) is 8.70. The van der Waals surface area contributed by atoms with Crippen LogP contribution in [0.15, 0.2) is 79.2 Å². The SMILES string of the molecule is CC(O)C(NCc1cc(Cl)c(OCC2(OCCCN3CC[C@@H](O)C3)C=CC=C(c3ccccc3)C2(C)C)cc1OCc1cncc(C#N)c1)C(=O)O. The Hall–Kier alpha value is -4.28. The molecule has 4 N–H and O–H groups in total. The molecule has 52 heavy (non-hydrogen) atoms. The van der Waals surface area contributed by atoms with Gasteiger partial charge >= 0.3 is 5.97 Å². The van der Waals surface area contributed by atoms with Gasteiger partial charge in [0.1, 0.15) is 42.4 Å². The van der Waals surface area contributed by atoms with Gasteiger partial charge in [-0.1, -0.05) is 67.9 Å². The van der Waals surface area contributed by atoms with Crippen LogP contribution in [-0.4, -0.2) is 87.9 Å². The number of nitriles is 1. The Morgan fingerprint density at radius 3 is 2.65 bits per heavy atom. The van der Waals surface area contributed by atoms with Crippen molar-refractivity contribution in [1.82, 2.24) is 15.2 Å². The Kier molecular flexibility index (Phi) is 13.1. The lowest BCUT2D eigenvalue weighted by Crippen LogP contribution is -2.52. The van der Waals surface area contributed by atoms with Crippen molar-refractivity contribution in [2.45, 2.75) is 70.6 Å². The van der Waals surface area contributed by atoms with Crippen LogP contribution < -0.4 is 14.8 Å². The quantitative estimate of drug-likeness (QED) is 0.132. The van der Waals surface area contributed by atoms with Crippen molar-refractivity contribution >= 4 is 23.1 Å². The summed E-state index contributed by atoms with van der Waals surface area (Å²) in [7, 11) is 0. The van der Waals surface area contributed by atoms with Crippen LogP contribution in [0, 0.1) is 16.7 Å². The molecule has 2 aromatic carbocycles. The van der Waals surface area contributed by atoms with Gasteiger partial charge in [0.05, 0.1) is 22.8 Å². The third kappa shape index (κ3) is 9.38. The Morgan fingerprint density at radius 1 is 1.17 bits per heavy atom. The Morgan fingerprint density at radius 2 is 1.96 bits per heavy atom. The molecule has 1 saturated heterocycles. The number of halogens is 1. The number of allylic oxidation sites excluding steroid dienone is 2.